The number of aryl methyl sites for hydroxylation is 1. The average Bonchev–Trinajstić information content (AvgIpc) is 3.22. The molecule has 0 radical (unpaired) electrons. The third-order valence-corrected chi connectivity index (χ3v) is 6.88. The van der Waals surface area contributed by atoms with Crippen molar-refractivity contribution in [2.45, 2.75) is 24.7 Å². The molecule has 1 heterocycles. The number of sulfonamides is 1. The van der Waals surface area contributed by atoms with Crippen LogP contribution in [0.2, 0.25) is 5.02 Å². The molecule has 1 aromatic heterocycles. The Morgan fingerprint density at radius 3 is 2.50 bits per heavy atom. The lowest BCUT2D eigenvalue weighted by Gasteiger charge is -2.13. The van der Waals surface area contributed by atoms with Crippen molar-refractivity contribution in [2.24, 2.45) is 0 Å². The van der Waals surface area contributed by atoms with Crippen LogP contribution in [0.5, 0.6) is 0 Å². The standard InChI is InChI=1S/C21H19ClN2O4S2/c1-14-7-8-16(23-21(26)10-9-18(25)19-6-3-11-29-19)13-20(14)30(27,28)24-17-5-2-4-15(22)12-17/h2-8,11-13,24H,9-10H2,1H3,(H,23,26). The van der Waals surface area contributed by atoms with E-state index in [0.717, 1.165) is 0 Å². The zero-order valence-electron chi connectivity index (χ0n) is 16.0. The Balaban J connectivity index is 1.69. The molecule has 9 heteroatoms. The van der Waals surface area contributed by atoms with Gasteiger partial charge in [-0.1, -0.05) is 29.8 Å². The molecular weight excluding hydrogens is 444 g/mol. The molecule has 0 aliphatic rings. The van der Waals surface area contributed by atoms with Gasteiger partial charge >= 0.3 is 0 Å². The Hall–Kier alpha value is -2.68. The van der Waals surface area contributed by atoms with Gasteiger partial charge in [-0.15, -0.1) is 11.3 Å². The summed E-state index contributed by atoms with van der Waals surface area (Å²) in [5.41, 5.74) is 1.19. The van der Waals surface area contributed by atoms with Gasteiger partial charge in [0.15, 0.2) is 5.78 Å². The van der Waals surface area contributed by atoms with Crippen molar-refractivity contribution < 1.29 is 18.0 Å². The minimum absolute atomic E-state index is 0.00740. The summed E-state index contributed by atoms with van der Waals surface area (Å²) in [6.07, 6.45) is 0.0904. The molecule has 1 amide bonds. The first-order chi connectivity index (χ1) is 14.2. The van der Waals surface area contributed by atoms with Gasteiger partial charge < -0.3 is 5.32 Å². The van der Waals surface area contributed by atoms with Crippen LogP contribution in [0.4, 0.5) is 11.4 Å². The van der Waals surface area contributed by atoms with Crippen LogP contribution in [0.1, 0.15) is 28.1 Å². The summed E-state index contributed by atoms with van der Waals surface area (Å²) in [5.74, 6) is -0.465. The van der Waals surface area contributed by atoms with Crippen molar-refractivity contribution in [2.75, 3.05) is 10.0 Å². The molecule has 3 aromatic rings. The quantitative estimate of drug-likeness (QED) is 0.455. The second kappa shape index (κ2) is 9.42. The van der Waals surface area contributed by atoms with Gasteiger partial charge in [-0.05, 0) is 54.3 Å². The van der Waals surface area contributed by atoms with E-state index in [1.165, 1.54) is 23.5 Å². The van der Waals surface area contributed by atoms with Gasteiger partial charge in [0.25, 0.3) is 10.0 Å². The van der Waals surface area contributed by atoms with Crippen LogP contribution in [-0.2, 0) is 14.8 Å². The van der Waals surface area contributed by atoms with E-state index in [2.05, 4.69) is 10.0 Å². The van der Waals surface area contributed by atoms with Crippen LogP contribution >= 0.6 is 22.9 Å². The second-order valence-electron chi connectivity index (χ2n) is 6.54. The number of rotatable bonds is 8. The number of nitrogens with one attached hydrogen (secondary N) is 2. The lowest BCUT2D eigenvalue weighted by Crippen LogP contribution is -2.16. The fourth-order valence-corrected chi connectivity index (χ4v) is 4.95. The molecule has 0 aliphatic heterocycles. The first-order valence-corrected chi connectivity index (χ1v) is 11.7. The van der Waals surface area contributed by atoms with Crippen molar-refractivity contribution >= 4 is 56.0 Å². The number of ketones is 1. The van der Waals surface area contributed by atoms with Crippen molar-refractivity contribution in [3.05, 3.63) is 75.4 Å². The van der Waals surface area contributed by atoms with Gasteiger partial charge in [0.05, 0.1) is 15.5 Å². The number of thiophene rings is 1. The molecule has 0 bridgehead atoms. The Kier molecular flexibility index (Phi) is 6.91. The highest BCUT2D eigenvalue weighted by Gasteiger charge is 2.19. The monoisotopic (exact) mass is 462 g/mol. The Bertz CT molecular complexity index is 1180. The first-order valence-electron chi connectivity index (χ1n) is 9.00. The summed E-state index contributed by atoms with van der Waals surface area (Å²) in [5, 5.41) is 4.87. The molecule has 156 valence electrons. The predicted octanol–water partition coefficient (Wildman–Crippen LogP) is 5.11. The van der Waals surface area contributed by atoms with E-state index in [-0.39, 0.29) is 29.4 Å². The normalized spacial score (nSPS) is 11.1. The molecule has 0 saturated heterocycles. The van der Waals surface area contributed by atoms with E-state index < -0.39 is 10.0 Å². The van der Waals surface area contributed by atoms with Gasteiger partial charge in [-0.3, -0.25) is 14.3 Å². The van der Waals surface area contributed by atoms with Gasteiger partial charge in [0, 0.05) is 23.6 Å². The van der Waals surface area contributed by atoms with Crippen LogP contribution < -0.4 is 10.0 Å². The number of carbonyl (C=O) groups excluding carboxylic acids is 2. The van der Waals surface area contributed by atoms with Gasteiger partial charge in [-0.2, -0.15) is 0 Å². The third kappa shape index (κ3) is 5.69. The highest BCUT2D eigenvalue weighted by Crippen LogP contribution is 2.24. The van der Waals surface area contributed by atoms with Crippen molar-refractivity contribution in [1.29, 1.82) is 0 Å². The number of benzene rings is 2. The number of carbonyl (C=O) groups is 2. The predicted molar refractivity (Wildman–Crippen MR) is 120 cm³/mol. The summed E-state index contributed by atoms with van der Waals surface area (Å²) in [4.78, 5) is 24.9. The second-order valence-corrected chi connectivity index (χ2v) is 9.58. The van der Waals surface area contributed by atoms with E-state index in [0.29, 0.717) is 26.8 Å². The van der Waals surface area contributed by atoms with E-state index in [4.69, 9.17) is 11.6 Å². The van der Waals surface area contributed by atoms with Gasteiger partial charge in [-0.25, -0.2) is 8.42 Å². The first kappa shape index (κ1) is 22.0. The molecule has 2 aromatic carbocycles. The van der Waals surface area contributed by atoms with E-state index in [1.807, 2.05) is 0 Å². The van der Waals surface area contributed by atoms with Crippen LogP contribution in [0.3, 0.4) is 0 Å². The maximum atomic E-state index is 12.8. The van der Waals surface area contributed by atoms with Crippen LogP contribution in [0.15, 0.2) is 64.9 Å². The maximum Gasteiger partial charge on any atom is 0.262 e. The van der Waals surface area contributed by atoms with E-state index in [9.17, 15) is 18.0 Å². The topological polar surface area (TPSA) is 92.3 Å². The lowest BCUT2D eigenvalue weighted by molar-refractivity contribution is -0.116. The average molecular weight is 463 g/mol. The zero-order valence-corrected chi connectivity index (χ0v) is 18.4. The molecular formula is C21H19ClN2O4S2. The van der Waals surface area contributed by atoms with Crippen molar-refractivity contribution in [3.8, 4) is 0 Å². The maximum absolute atomic E-state index is 12.8. The summed E-state index contributed by atoms with van der Waals surface area (Å²) in [6.45, 7) is 1.66. The molecule has 0 spiro atoms. The largest absolute Gasteiger partial charge is 0.326 e. The number of amides is 1. The highest BCUT2D eigenvalue weighted by molar-refractivity contribution is 7.92. The van der Waals surface area contributed by atoms with E-state index in [1.54, 1.807) is 54.8 Å². The third-order valence-electron chi connectivity index (χ3n) is 4.21. The number of Topliss-reactive ketones (excluding diaryl/α,β-unsaturated/α-hetero) is 1. The molecule has 0 unspecified atom stereocenters. The molecule has 30 heavy (non-hydrogen) atoms. The summed E-state index contributed by atoms with van der Waals surface area (Å²) >= 11 is 7.24. The lowest BCUT2D eigenvalue weighted by atomic mass is 10.2. The smallest absolute Gasteiger partial charge is 0.262 e. The molecule has 0 atom stereocenters. The Morgan fingerprint density at radius 2 is 1.80 bits per heavy atom. The van der Waals surface area contributed by atoms with Crippen molar-refractivity contribution in [3.63, 3.8) is 0 Å². The molecule has 6 nitrogen and oxygen atoms in total. The minimum atomic E-state index is -3.89. The fraction of sp³-hybridized carbons (Fsp3) is 0.143. The van der Waals surface area contributed by atoms with Crippen LogP contribution in [0, 0.1) is 6.92 Å². The van der Waals surface area contributed by atoms with Gasteiger partial charge in [0.1, 0.15) is 0 Å². The molecule has 0 saturated carbocycles. The minimum Gasteiger partial charge on any atom is -0.326 e. The SMILES string of the molecule is Cc1ccc(NC(=O)CCC(=O)c2cccs2)cc1S(=O)(=O)Nc1cccc(Cl)c1. The van der Waals surface area contributed by atoms with Gasteiger partial charge in [0.2, 0.25) is 5.91 Å². The van der Waals surface area contributed by atoms with Crippen LogP contribution in [0.25, 0.3) is 0 Å². The highest BCUT2D eigenvalue weighted by atomic mass is 35.5. The Labute approximate surface area is 183 Å². The van der Waals surface area contributed by atoms with Crippen molar-refractivity contribution in [1.82, 2.24) is 0 Å². The number of hydrogen-bond donors (Lipinski definition) is 2. The summed E-state index contributed by atoms with van der Waals surface area (Å²) < 4.78 is 28.1. The van der Waals surface area contributed by atoms with Crippen LogP contribution in [-0.4, -0.2) is 20.1 Å². The molecule has 0 aliphatic carbocycles. The molecule has 3 rings (SSSR count). The molecule has 0 fully saturated rings. The number of hydrogen-bond acceptors (Lipinski definition) is 5. The zero-order chi connectivity index (χ0) is 21.7. The number of halogens is 1. The number of anilines is 2. The Morgan fingerprint density at radius 1 is 1.00 bits per heavy atom. The fourth-order valence-electron chi connectivity index (χ4n) is 2.74. The molecule has 2 N–H and O–H groups in total. The summed E-state index contributed by atoms with van der Waals surface area (Å²) in [7, 11) is -3.89. The van der Waals surface area contributed by atoms with E-state index >= 15 is 0 Å². The summed E-state index contributed by atoms with van der Waals surface area (Å²) in [6, 6.07) is 14.5.